The standard InChI is InChI=1S/C15H13BrO4S/c1-20-14-8-4-5-9-15(14)21(18,19)10-13(17)11-6-2-3-7-12(11)16/h2-9H,10H2,1H3. The third kappa shape index (κ3) is 3.51. The van der Waals surface area contributed by atoms with Gasteiger partial charge in [0.2, 0.25) is 0 Å². The molecule has 2 aromatic rings. The minimum absolute atomic E-state index is 0.0212. The van der Waals surface area contributed by atoms with Gasteiger partial charge in [-0.2, -0.15) is 0 Å². The number of ketones is 1. The molecule has 0 spiro atoms. The Balaban J connectivity index is 2.34. The molecule has 0 N–H and O–H groups in total. The number of halogens is 1. The first-order chi connectivity index (χ1) is 9.95. The Morgan fingerprint density at radius 3 is 2.38 bits per heavy atom. The van der Waals surface area contributed by atoms with Crippen molar-refractivity contribution in [1.82, 2.24) is 0 Å². The number of carbonyl (C=O) groups excluding carboxylic acids is 1. The van der Waals surface area contributed by atoms with E-state index in [4.69, 9.17) is 4.74 Å². The van der Waals surface area contributed by atoms with E-state index in [2.05, 4.69) is 15.9 Å². The number of benzene rings is 2. The van der Waals surface area contributed by atoms with E-state index in [1.807, 2.05) is 0 Å². The normalized spacial score (nSPS) is 11.1. The van der Waals surface area contributed by atoms with E-state index >= 15 is 0 Å². The Labute approximate surface area is 131 Å². The fourth-order valence-corrected chi connectivity index (χ4v) is 3.80. The molecule has 0 atom stereocenters. The van der Waals surface area contributed by atoms with Crippen molar-refractivity contribution in [2.24, 2.45) is 0 Å². The van der Waals surface area contributed by atoms with Crippen molar-refractivity contribution < 1.29 is 17.9 Å². The van der Waals surface area contributed by atoms with E-state index < -0.39 is 21.4 Å². The highest BCUT2D eigenvalue weighted by molar-refractivity contribution is 9.10. The lowest BCUT2D eigenvalue weighted by Gasteiger charge is -2.09. The predicted octanol–water partition coefficient (Wildman–Crippen LogP) is 3.11. The van der Waals surface area contributed by atoms with Gasteiger partial charge in [-0.1, -0.05) is 46.3 Å². The number of rotatable bonds is 5. The van der Waals surface area contributed by atoms with Crippen LogP contribution in [-0.4, -0.2) is 27.1 Å². The van der Waals surface area contributed by atoms with Crippen LogP contribution in [0.4, 0.5) is 0 Å². The second kappa shape index (κ2) is 6.41. The summed E-state index contributed by atoms with van der Waals surface area (Å²) in [5.74, 6) is -0.832. The van der Waals surface area contributed by atoms with Gasteiger partial charge < -0.3 is 4.74 Å². The zero-order chi connectivity index (χ0) is 15.5. The topological polar surface area (TPSA) is 60.4 Å². The molecular weight excluding hydrogens is 356 g/mol. The molecule has 0 heterocycles. The highest BCUT2D eigenvalue weighted by atomic mass is 79.9. The molecule has 110 valence electrons. The molecule has 0 bridgehead atoms. The third-order valence-electron chi connectivity index (χ3n) is 2.90. The van der Waals surface area contributed by atoms with E-state index in [9.17, 15) is 13.2 Å². The van der Waals surface area contributed by atoms with Crippen LogP contribution in [0.2, 0.25) is 0 Å². The van der Waals surface area contributed by atoms with Gasteiger partial charge in [0, 0.05) is 10.0 Å². The average Bonchev–Trinajstić information content (AvgIpc) is 2.47. The molecule has 0 saturated heterocycles. The minimum atomic E-state index is -3.76. The van der Waals surface area contributed by atoms with Gasteiger partial charge in [0.1, 0.15) is 16.4 Å². The van der Waals surface area contributed by atoms with Crippen LogP contribution in [0, 0.1) is 0 Å². The van der Waals surface area contributed by atoms with Gasteiger partial charge in [-0.3, -0.25) is 4.79 Å². The maximum Gasteiger partial charge on any atom is 0.189 e. The summed E-state index contributed by atoms with van der Waals surface area (Å²) in [7, 11) is -2.37. The summed E-state index contributed by atoms with van der Waals surface area (Å²) in [5, 5.41) is 0. The zero-order valence-electron chi connectivity index (χ0n) is 11.2. The van der Waals surface area contributed by atoms with Crippen LogP contribution in [0.1, 0.15) is 10.4 Å². The number of hydrogen-bond acceptors (Lipinski definition) is 4. The van der Waals surface area contributed by atoms with E-state index in [0.717, 1.165) is 0 Å². The fourth-order valence-electron chi connectivity index (χ4n) is 1.89. The van der Waals surface area contributed by atoms with Gasteiger partial charge in [-0.15, -0.1) is 0 Å². The Hall–Kier alpha value is -1.66. The average molecular weight is 369 g/mol. The van der Waals surface area contributed by atoms with E-state index in [0.29, 0.717) is 10.0 Å². The molecule has 0 saturated carbocycles. The summed E-state index contributed by atoms with van der Waals surface area (Å²) in [5.41, 5.74) is 0.343. The summed E-state index contributed by atoms with van der Waals surface area (Å²) >= 11 is 3.25. The maximum atomic E-state index is 12.4. The molecule has 0 aliphatic heterocycles. The van der Waals surface area contributed by atoms with Crippen LogP contribution in [0.25, 0.3) is 0 Å². The highest BCUT2D eigenvalue weighted by Crippen LogP contribution is 2.25. The SMILES string of the molecule is COc1ccccc1S(=O)(=O)CC(=O)c1ccccc1Br. The molecule has 0 fully saturated rings. The Kier molecular flexibility index (Phi) is 4.80. The Morgan fingerprint density at radius 1 is 1.10 bits per heavy atom. The largest absolute Gasteiger partial charge is 0.495 e. The molecule has 2 rings (SSSR count). The molecule has 0 unspecified atom stereocenters. The van der Waals surface area contributed by atoms with Crippen LogP contribution >= 0.6 is 15.9 Å². The van der Waals surface area contributed by atoms with E-state index in [1.165, 1.54) is 13.2 Å². The molecule has 0 aliphatic rings. The van der Waals surface area contributed by atoms with Crippen LogP contribution in [0.5, 0.6) is 5.75 Å². The monoisotopic (exact) mass is 368 g/mol. The summed E-state index contributed by atoms with van der Waals surface area (Å²) in [6, 6.07) is 13.0. The summed E-state index contributed by atoms with van der Waals surface area (Å²) in [6.45, 7) is 0. The van der Waals surface area contributed by atoms with Crippen LogP contribution < -0.4 is 4.74 Å². The molecule has 0 radical (unpaired) electrons. The van der Waals surface area contributed by atoms with Crippen molar-refractivity contribution in [3.05, 3.63) is 58.6 Å². The molecule has 6 heteroatoms. The zero-order valence-corrected chi connectivity index (χ0v) is 13.6. The summed E-state index contributed by atoms with van der Waals surface area (Å²) < 4.78 is 30.4. The third-order valence-corrected chi connectivity index (χ3v) is 5.24. The number of Topliss-reactive ketones (excluding diaryl/α,β-unsaturated/α-hetero) is 1. The van der Waals surface area contributed by atoms with Crippen LogP contribution in [-0.2, 0) is 9.84 Å². The molecule has 0 amide bonds. The lowest BCUT2D eigenvalue weighted by atomic mass is 10.1. The predicted molar refractivity (Wildman–Crippen MR) is 83.5 cm³/mol. The maximum absolute atomic E-state index is 12.4. The van der Waals surface area contributed by atoms with Gasteiger partial charge in [-0.25, -0.2) is 8.42 Å². The fraction of sp³-hybridized carbons (Fsp3) is 0.133. The quantitative estimate of drug-likeness (QED) is 0.760. The second-order valence-electron chi connectivity index (χ2n) is 4.31. The molecule has 0 aliphatic carbocycles. The number of ether oxygens (including phenoxy) is 1. The number of carbonyl (C=O) groups is 1. The van der Waals surface area contributed by atoms with Crippen molar-refractivity contribution in [2.75, 3.05) is 12.9 Å². The van der Waals surface area contributed by atoms with Gasteiger partial charge >= 0.3 is 0 Å². The molecule has 21 heavy (non-hydrogen) atoms. The number of sulfone groups is 1. The summed E-state index contributed by atoms with van der Waals surface area (Å²) in [4.78, 5) is 12.2. The molecule has 0 aromatic heterocycles. The van der Waals surface area contributed by atoms with Crippen LogP contribution in [0.15, 0.2) is 57.9 Å². The minimum Gasteiger partial charge on any atom is -0.495 e. The first-order valence-corrected chi connectivity index (χ1v) is 8.54. The van der Waals surface area contributed by atoms with Gasteiger partial charge in [-0.05, 0) is 18.2 Å². The van der Waals surface area contributed by atoms with Crippen molar-refractivity contribution in [2.45, 2.75) is 4.90 Å². The second-order valence-corrected chi connectivity index (χ2v) is 7.13. The van der Waals surface area contributed by atoms with Crippen LogP contribution in [0.3, 0.4) is 0 Å². The lowest BCUT2D eigenvalue weighted by molar-refractivity contribution is 0.102. The highest BCUT2D eigenvalue weighted by Gasteiger charge is 2.24. The number of para-hydroxylation sites is 1. The van der Waals surface area contributed by atoms with Gasteiger partial charge in [0.15, 0.2) is 15.6 Å². The number of hydrogen-bond donors (Lipinski definition) is 0. The first-order valence-electron chi connectivity index (χ1n) is 6.09. The van der Waals surface area contributed by atoms with Crippen molar-refractivity contribution in [3.63, 3.8) is 0 Å². The Bertz CT molecular complexity index is 769. The number of methoxy groups -OCH3 is 1. The van der Waals surface area contributed by atoms with Crippen molar-refractivity contribution in [1.29, 1.82) is 0 Å². The van der Waals surface area contributed by atoms with Crippen molar-refractivity contribution >= 4 is 31.6 Å². The lowest BCUT2D eigenvalue weighted by Crippen LogP contribution is -2.17. The van der Waals surface area contributed by atoms with Gasteiger partial charge in [0.05, 0.1) is 7.11 Å². The molecule has 2 aromatic carbocycles. The van der Waals surface area contributed by atoms with E-state index in [-0.39, 0.29) is 10.6 Å². The smallest absolute Gasteiger partial charge is 0.189 e. The Morgan fingerprint density at radius 2 is 1.71 bits per heavy atom. The first kappa shape index (κ1) is 15.7. The summed E-state index contributed by atoms with van der Waals surface area (Å²) in [6.07, 6.45) is 0. The molecular formula is C15H13BrO4S. The molecule has 4 nitrogen and oxygen atoms in total. The van der Waals surface area contributed by atoms with Gasteiger partial charge in [0.25, 0.3) is 0 Å². The van der Waals surface area contributed by atoms with E-state index in [1.54, 1.807) is 42.5 Å². The van der Waals surface area contributed by atoms with Crippen molar-refractivity contribution in [3.8, 4) is 5.75 Å².